The van der Waals surface area contributed by atoms with Crippen LogP contribution >= 0.6 is 0 Å². The lowest BCUT2D eigenvalue weighted by atomic mass is 10.0. The molecule has 0 fully saturated rings. The van der Waals surface area contributed by atoms with Crippen LogP contribution in [0.3, 0.4) is 0 Å². The summed E-state index contributed by atoms with van der Waals surface area (Å²) in [4.78, 5) is 15.0. The van der Waals surface area contributed by atoms with E-state index in [1.54, 1.807) is 18.4 Å². The average molecular weight is 531 g/mol. The maximum absolute atomic E-state index is 14.1. The van der Waals surface area contributed by atoms with Gasteiger partial charge in [-0.05, 0) is 74.4 Å². The van der Waals surface area contributed by atoms with Crippen LogP contribution in [0.25, 0.3) is 11.1 Å². The highest BCUT2D eigenvalue weighted by Gasteiger charge is 2.29. The van der Waals surface area contributed by atoms with Gasteiger partial charge in [0.25, 0.3) is 10.0 Å². The first-order chi connectivity index (χ1) is 17.8. The largest absolute Gasteiger partial charge is 0.491 e. The zero-order valence-corrected chi connectivity index (χ0v) is 22.0. The Morgan fingerprint density at radius 1 is 1.14 bits per heavy atom. The van der Waals surface area contributed by atoms with Crippen molar-refractivity contribution >= 4 is 21.7 Å². The molecule has 1 aliphatic heterocycles. The van der Waals surface area contributed by atoms with E-state index in [0.29, 0.717) is 36.1 Å². The lowest BCUT2D eigenvalue weighted by Crippen LogP contribution is -2.24. The number of ether oxygens (including phenoxy) is 2. The van der Waals surface area contributed by atoms with E-state index in [0.717, 1.165) is 31.3 Å². The minimum Gasteiger partial charge on any atom is -0.491 e. The molecule has 1 aromatic heterocycles. The minimum atomic E-state index is -4.18. The first-order valence-electron chi connectivity index (χ1n) is 12.3. The van der Waals surface area contributed by atoms with Crippen LogP contribution in [-0.4, -0.2) is 52.6 Å². The first-order valence-corrected chi connectivity index (χ1v) is 13.8. The van der Waals surface area contributed by atoms with Gasteiger partial charge in [0.05, 0.1) is 30.6 Å². The lowest BCUT2D eigenvalue weighted by Gasteiger charge is -2.19. The predicted molar refractivity (Wildman–Crippen MR) is 138 cm³/mol. The number of nitrogens with zero attached hydrogens (tertiary/aromatic N) is 1. The van der Waals surface area contributed by atoms with Crippen molar-refractivity contribution in [3.8, 4) is 16.9 Å². The molecule has 0 saturated heterocycles. The zero-order valence-electron chi connectivity index (χ0n) is 21.2. The van der Waals surface area contributed by atoms with Crippen molar-refractivity contribution in [1.29, 1.82) is 0 Å². The molecule has 198 valence electrons. The summed E-state index contributed by atoms with van der Waals surface area (Å²) >= 11 is 0. The molecule has 0 saturated carbocycles. The van der Waals surface area contributed by atoms with Crippen molar-refractivity contribution in [1.82, 2.24) is 4.90 Å². The number of halogens is 1. The number of esters is 1. The van der Waals surface area contributed by atoms with Gasteiger partial charge in [0, 0.05) is 17.5 Å². The topological polar surface area (TPSA) is 98.1 Å². The quantitative estimate of drug-likeness (QED) is 0.373. The Labute approximate surface area is 216 Å². The molecule has 0 radical (unpaired) electrons. The summed E-state index contributed by atoms with van der Waals surface area (Å²) in [5.74, 6) is -0.337. The maximum Gasteiger partial charge on any atom is 0.343 e. The molecule has 1 N–H and O–H groups in total. The van der Waals surface area contributed by atoms with Crippen molar-refractivity contribution in [3.63, 3.8) is 0 Å². The van der Waals surface area contributed by atoms with Gasteiger partial charge in [-0.2, -0.15) is 0 Å². The zero-order chi connectivity index (χ0) is 26.6. The normalized spacial score (nSPS) is 12.9. The number of aryl methyl sites for hydroxylation is 1. The third-order valence-corrected chi connectivity index (χ3v) is 8.00. The number of nitrogens with one attached hydrogen (secondary N) is 1. The molecule has 1 aliphatic rings. The van der Waals surface area contributed by atoms with Crippen LogP contribution in [0.15, 0.2) is 52.0 Å². The molecule has 3 aromatic rings. The minimum absolute atomic E-state index is 0.0101. The van der Waals surface area contributed by atoms with E-state index < -0.39 is 21.8 Å². The molecule has 10 heteroatoms. The van der Waals surface area contributed by atoms with Gasteiger partial charge in [-0.1, -0.05) is 13.8 Å². The van der Waals surface area contributed by atoms with Gasteiger partial charge in [-0.3, -0.25) is 4.72 Å². The second-order valence-electron chi connectivity index (χ2n) is 8.70. The van der Waals surface area contributed by atoms with Gasteiger partial charge in [0.2, 0.25) is 0 Å². The fourth-order valence-corrected chi connectivity index (χ4v) is 5.92. The highest BCUT2D eigenvalue weighted by molar-refractivity contribution is 7.92. The van der Waals surface area contributed by atoms with Crippen LogP contribution in [0.5, 0.6) is 5.75 Å². The second-order valence-corrected chi connectivity index (χ2v) is 10.4. The van der Waals surface area contributed by atoms with Crippen LogP contribution in [0, 0.1) is 5.82 Å². The number of sulfonamides is 1. The van der Waals surface area contributed by atoms with Crippen molar-refractivity contribution in [2.24, 2.45) is 0 Å². The van der Waals surface area contributed by atoms with Gasteiger partial charge in [0.1, 0.15) is 22.9 Å². The summed E-state index contributed by atoms with van der Waals surface area (Å²) in [5.41, 5.74) is 1.71. The van der Waals surface area contributed by atoms with E-state index in [-0.39, 0.29) is 28.5 Å². The van der Waals surface area contributed by atoms with E-state index in [1.807, 2.05) is 0 Å². The number of hydrogen-bond donors (Lipinski definition) is 1. The SMILES string of the molecule is CCN(CC)CCCc1cc(F)ccc1S(=O)(=O)Nc1ccc2c(c1C(=O)OC)OCCc1occc1-2. The van der Waals surface area contributed by atoms with Crippen molar-refractivity contribution in [2.45, 2.75) is 38.0 Å². The molecule has 2 heterocycles. The molecular formula is C27H31FN2O6S. The van der Waals surface area contributed by atoms with Crippen molar-refractivity contribution in [3.05, 3.63) is 65.4 Å². The van der Waals surface area contributed by atoms with Crippen LogP contribution < -0.4 is 9.46 Å². The Morgan fingerprint density at radius 2 is 1.92 bits per heavy atom. The fourth-order valence-electron chi connectivity index (χ4n) is 4.59. The van der Waals surface area contributed by atoms with Gasteiger partial charge in [-0.25, -0.2) is 17.6 Å². The van der Waals surface area contributed by atoms with E-state index in [4.69, 9.17) is 13.9 Å². The van der Waals surface area contributed by atoms with E-state index in [2.05, 4.69) is 23.5 Å². The molecule has 0 aliphatic carbocycles. The van der Waals surface area contributed by atoms with Crippen molar-refractivity contribution in [2.75, 3.05) is 38.1 Å². The average Bonchev–Trinajstić information content (AvgIpc) is 3.27. The monoisotopic (exact) mass is 530 g/mol. The standard InChI is InChI=1S/C27H31FN2O6S/c1-4-30(5-2)14-6-7-18-17-19(28)8-11-24(18)37(32,33)29-22-10-9-21-20-12-15-35-23(20)13-16-36-26(21)25(22)27(31)34-3/h8-12,15,17,29H,4-7,13-14,16H2,1-3H3. The Kier molecular flexibility index (Phi) is 8.19. The summed E-state index contributed by atoms with van der Waals surface area (Å²) < 4.78 is 60.1. The third kappa shape index (κ3) is 5.65. The molecule has 0 atom stereocenters. The molecule has 2 aromatic carbocycles. The van der Waals surface area contributed by atoms with Crippen LogP contribution in [0.2, 0.25) is 0 Å². The smallest absolute Gasteiger partial charge is 0.343 e. The number of fused-ring (bicyclic) bond motifs is 3. The summed E-state index contributed by atoms with van der Waals surface area (Å²) in [6.07, 6.45) is 3.10. The molecule has 4 rings (SSSR count). The second kappa shape index (κ2) is 11.4. The van der Waals surface area contributed by atoms with Crippen LogP contribution in [0.4, 0.5) is 10.1 Å². The molecule has 8 nitrogen and oxygen atoms in total. The number of furan rings is 1. The fraction of sp³-hybridized carbons (Fsp3) is 0.370. The number of rotatable bonds is 10. The van der Waals surface area contributed by atoms with Crippen molar-refractivity contribution < 1.29 is 31.5 Å². The number of benzene rings is 2. The van der Waals surface area contributed by atoms with E-state index in [9.17, 15) is 17.6 Å². The number of carbonyl (C=O) groups is 1. The highest BCUT2D eigenvalue weighted by atomic mass is 32.2. The summed E-state index contributed by atoms with van der Waals surface area (Å²) in [7, 11) is -2.97. The Hall–Kier alpha value is -3.37. The summed E-state index contributed by atoms with van der Waals surface area (Å²) in [6, 6.07) is 8.56. The van der Waals surface area contributed by atoms with Gasteiger partial charge < -0.3 is 18.8 Å². The van der Waals surface area contributed by atoms with Gasteiger partial charge in [0.15, 0.2) is 0 Å². The molecule has 0 spiro atoms. The summed E-state index contributed by atoms with van der Waals surface area (Å²) in [5, 5.41) is 0. The molecule has 0 unspecified atom stereocenters. The Balaban J connectivity index is 1.71. The van der Waals surface area contributed by atoms with E-state index >= 15 is 0 Å². The predicted octanol–water partition coefficient (Wildman–Crippen LogP) is 4.88. The number of methoxy groups -OCH3 is 1. The molecule has 37 heavy (non-hydrogen) atoms. The summed E-state index contributed by atoms with van der Waals surface area (Å²) in [6.45, 7) is 6.88. The molecular weight excluding hydrogens is 499 g/mol. The molecule has 0 amide bonds. The van der Waals surface area contributed by atoms with E-state index in [1.165, 1.54) is 25.3 Å². The van der Waals surface area contributed by atoms with Crippen LogP contribution in [0.1, 0.15) is 41.9 Å². The molecule has 0 bridgehead atoms. The number of carbonyl (C=O) groups excluding carboxylic acids is 1. The number of hydrogen-bond acceptors (Lipinski definition) is 7. The maximum atomic E-state index is 14.1. The Bertz CT molecular complexity index is 1380. The first kappa shape index (κ1) is 26.7. The lowest BCUT2D eigenvalue weighted by molar-refractivity contribution is 0.0597. The van der Waals surface area contributed by atoms with Gasteiger partial charge >= 0.3 is 5.97 Å². The van der Waals surface area contributed by atoms with Gasteiger partial charge in [-0.15, -0.1) is 0 Å². The Morgan fingerprint density at radius 3 is 2.65 bits per heavy atom. The highest BCUT2D eigenvalue weighted by Crippen LogP contribution is 2.42. The van der Waals surface area contributed by atoms with Crippen LogP contribution in [-0.2, 0) is 27.6 Å². The third-order valence-electron chi connectivity index (χ3n) is 6.53. The number of anilines is 1.